The van der Waals surface area contributed by atoms with E-state index >= 15 is 0 Å². The van der Waals surface area contributed by atoms with Gasteiger partial charge in [-0.05, 0) is 36.6 Å². The van der Waals surface area contributed by atoms with Crippen LogP contribution in [0, 0.1) is 5.82 Å². The number of rotatable bonds is 9. The molecule has 0 unspecified atom stereocenters. The van der Waals surface area contributed by atoms with Crippen molar-refractivity contribution in [2.75, 3.05) is 13.2 Å². The van der Waals surface area contributed by atoms with Gasteiger partial charge in [-0.2, -0.15) is 0 Å². The Morgan fingerprint density at radius 1 is 1.05 bits per heavy atom. The Balaban J connectivity index is 1.49. The average Bonchev–Trinajstić information content (AvgIpc) is 3.59. The van der Waals surface area contributed by atoms with E-state index in [0.29, 0.717) is 35.3 Å². The lowest BCUT2D eigenvalue weighted by Crippen LogP contribution is -2.46. The van der Waals surface area contributed by atoms with Gasteiger partial charge in [0.05, 0.1) is 11.6 Å². The highest BCUT2D eigenvalue weighted by molar-refractivity contribution is 5.89. The molecule has 2 heterocycles. The molecule has 0 saturated carbocycles. The van der Waals surface area contributed by atoms with E-state index < -0.39 is 11.9 Å². The van der Waals surface area contributed by atoms with Crippen LogP contribution in [-0.2, 0) is 27.4 Å². The van der Waals surface area contributed by atoms with Gasteiger partial charge in [0.25, 0.3) is 0 Å². The number of hydrogen-bond acceptors (Lipinski definition) is 5. The highest BCUT2D eigenvalue weighted by Gasteiger charge is 2.33. The zero-order valence-electron chi connectivity index (χ0n) is 20.3. The number of nitrogens with one attached hydrogen (secondary N) is 1. The molecule has 0 spiro atoms. The van der Waals surface area contributed by atoms with Gasteiger partial charge in [-0.3, -0.25) is 9.59 Å². The Kier molecular flexibility index (Phi) is 7.51. The molecule has 0 radical (unpaired) electrons. The molecule has 3 aromatic carbocycles. The Bertz CT molecular complexity index is 1370. The first-order valence-corrected chi connectivity index (χ1v) is 12.4. The van der Waals surface area contributed by atoms with E-state index in [9.17, 15) is 14.0 Å². The number of halogens is 1. The van der Waals surface area contributed by atoms with Crippen molar-refractivity contribution in [3.8, 4) is 0 Å². The molecular weight excluding hydrogens is 473 g/mol. The maximum atomic E-state index is 14.7. The van der Waals surface area contributed by atoms with Crippen molar-refractivity contribution in [2.24, 2.45) is 0 Å². The molecule has 190 valence electrons. The van der Waals surface area contributed by atoms with Gasteiger partial charge in [-0.25, -0.2) is 9.07 Å². The van der Waals surface area contributed by atoms with Gasteiger partial charge in [0, 0.05) is 25.3 Å². The second-order valence-corrected chi connectivity index (χ2v) is 9.04. The molecule has 1 fully saturated rings. The fraction of sp³-hybridized carbons (Fsp3) is 0.286. The van der Waals surface area contributed by atoms with Gasteiger partial charge in [0.15, 0.2) is 0 Å². The molecule has 2 atom stereocenters. The van der Waals surface area contributed by atoms with E-state index in [1.807, 2.05) is 42.5 Å². The summed E-state index contributed by atoms with van der Waals surface area (Å²) < 4.78 is 21.9. The van der Waals surface area contributed by atoms with Crippen LogP contribution in [0.4, 0.5) is 4.39 Å². The minimum atomic E-state index is -0.982. The summed E-state index contributed by atoms with van der Waals surface area (Å²) in [6.45, 7) is 0.770. The van der Waals surface area contributed by atoms with Crippen LogP contribution in [0.3, 0.4) is 0 Å². The quantitative estimate of drug-likeness (QED) is 0.378. The summed E-state index contributed by atoms with van der Waals surface area (Å²) in [6.07, 6.45) is 1.76. The molecule has 0 bridgehead atoms. The first-order valence-electron chi connectivity index (χ1n) is 12.4. The molecule has 4 aromatic rings. The summed E-state index contributed by atoms with van der Waals surface area (Å²) in [7, 11) is 0. The largest absolute Gasteiger partial charge is 0.376 e. The maximum Gasteiger partial charge on any atom is 0.247 e. The third-order valence-electron chi connectivity index (χ3n) is 6.53. The lowest BCUT2D eigenvalue weighted by Gasteiger charge is -2.32. The maximum absolute atomic E-state index is 14.7. The Morgan fingerprint density at radius 3 is 2.59 bits per heavy atom. The molecule has 0 aliphatic carbocycles. The van der Waals surface area contributed by atoms with Crippen LogP contribution in [0.1, 0.15) is 30.0 Å². The minimum absolute atomic E-state index is 0.0578. The Hall–Kier alpha value is -4.11. The zero-order chi connectivity index (χ0) is 25.6. The summed E-state index contributed by atoms with van der Waals surface area (Å²) in [6, 6.07) is 21.7. The molecule has 1 aliphatic heterocycles. The molecule has 5 rings (SSSR count). The van der Waals surface area contributed by atoms with E-state index in [1.165, 1.54) is 15.6 Å². The normalized spacial score (nSPS) is 16.0. The van der Waals surface area contributed by atoms with Crippen molar-refractivity contribution in [1.29, 1.82) is 0 Å². The average molecular weight is 502 g/mol. The summed E-state index contributed by atoms with van der Waals surface area (Å²) in [5, 5.41) is 11.2. The van der Waals surface area contributed by atoms with Gasteiger partial charge in [0.2, 0.25) is 11.8 Å². The predicted octanol–water partition coefficient (Wildman–Crippen LogP) is 3.64. The van der Waals surface area contributed by atoms with Crippen molar-refractivity contribution in [3.05, 3.63) is 95.8 Å². The second-order valence-electron chi connectivity index (χ2n) is 9.04. The topological polar surface area (TPSA) is 89.4 Å². The van der Waals surface area contributed by atoms with Crippen molar-refractivity contribution in [2.45, 2.75) is 38.1 Å². The van der Waals surface area contributed by atoms with Crippen molar-refractivity contribution in [1.82, 2.24) is 25.2 Å². The lowest BCUT2D eigenvalue weighted by molar-refractivity contribution is -0.142. The van der Waals surface area contributed by atoms with Crippen molar-refractivity contribution >= 4 is 22.8 Å². The molecule has 8 nitrogen and oxygen atoms in total. The molecule has 1 N–H and O–H groups in total. The third kappa shape index (κ3) is 5.67. The zero-order valence-corrected chi connectivity index (χ0v) is 20.3. The minimum Gasteiger partial charge on any atom is -0.376 e. The van der Waals surface area contributed by atoms with Crippen LogP contribution in [0.25, 0.3) is 11.0 Å². The van der Waals surface area contributed by atoms with E-state index in [1.54, 1.807) is 30.3 Å². The molecule has 2 amide bonds. The number of benzene rings is 3. The monoisotopic (exact) mass is 501 g/mol. The number of carbonyl (C=O) groups excluding carboxylic acids is 2. The van der Waals surface area contributed by atoms with E-state index in [4.69, 9.17) is 4.74 Å². The molecule has 1 aromatic heterocycles. The van der Waals surface area contributed by atoms with Gasteiger partial charge >= 0.3 is 0 Å². The van der Waals surface area contributed by atoms with Crippen LogP contribution in [-0.4, -0.2) is 51.0 Å². The highest BCUT2D eigenvalue weighted by atomic mass is 19.1. The van der Waals surface area contributed by atoms with Gasteiger partial charge < -0.3 is 15.0 Å². The van der Waals surface area contributed by atoms with Gasteiger partial charge in [-0.1, -0.05) is 65.9 Å². The fourth-order valence-electron chi connectivity index (χ4n) is 4.61. The number of ether oxygens (including phenoxy) is 1. The van der Waals surface area contributed by atoms with Crippen LogP contribution in [0.2, 0.25) is 0 Å². The van der Waals surface area contributed by atoms with Gasteiger partial charge in [0.1, 0.15) is 23.9 Å². The number of carbonyl (C=O) groups is 2. The molecule has 1 aliphatic rings. The summed E-state index contributed by atoms with van der Waals surface area (Å²) >= 11 is 0. The number of fused-ring (bicyclic) bond motifs is 1. The Labute approximate surface area is 214 Å². The molecule has 1 saturated heterocycles. The van der Waals surface area contributed by atoms with Crippen LogP contribution < -0.4 is 5.32 Å². The number of nitrogens with zero attached hydrogens (tertiary/aromatic N) is 4. The molecule has 9 heteroatoms. The summed E-state index contributed by atoms with van der Waals surface area (Å²) in [4.78, 5) is 28.9. The molecule has 37 heavy (non-hydrogen) atoms. The van der Waals surface area contributed by atoms with Crippen molar-refractivity contribution in [3.63, 3.8) is 0 Å². The first-order chi connectivity index (χ1) is 18.1. The van der Waals surface area contributed by atoms with E-state index in [0.717, 1.165) is 12.8 Å². The van der Waals surface area contributed by atoms with Crippen LogP contribution in [0.15, 0.2) is 78.9 Å². The predicted molar refractivity (Wildman–Crippen MR) is 136 cm³/mol. The number of hydrogen-bond donors (Lipinski definition) is 1. The van der Waals surface area contributed by atoms with Crippen molar-refractivity contribution < 1.29 is 18.7 Å². The first kappa shape index (κ1) is 24.6. The van der Waals surface area contributed by atoms with Crippen LogP contribution >= 0.6 is 0 Å². The number of para-hydroxylation sites is 1. The Morgan fingerprint density at radius 2 is 1.81 bits per heavy atom. The lowest BCUT2D eigenvalue weighted by atomic mass is 10.0. The van der Waals surface area contributed by atoms with Crippen LogP contribution in [0.5, 0.6) is 0 Å². The van der Waals surface area contributed by atoms with Gasteiger partial charge in [-0.15, -0.1) is 5.10 Å². The molecular formula is C28H28FN5O3. The third-order valence-corrected chi connectivity index (χ3v) is 6.53. The van der Waals surface area contributed by atoms with E-state index in [2.05, 4.69) is 15.6 Å². The highest BCUT2D eigenvalue weighted by Crippen LogP contribution is 2.26. The number of aromatic nitrogens is 3. The SMILES string of the molecule is O=C(NC[C@@H]1CCCO1)[C@H](c1ccccc1)N(Cc1ccccc1F)C(=O)Cn1nnc2ccccc21. The number of amides is 2. The fourth-order valence-corrected chi connectivity index (χ4v) is 4.61. The van der Waals surface area contributed by atoms with E-state index in [-0.39, 0.29) is 31.0 Å². The summed E-state index contributed by atoms with van der Waals surface area (Å²) in [5.74, 6) is -1.19. The second kappa shape index (κ2) is 11.3. The summed E-state index contributed by atoms with van der Waals surface area (Å²) in [5.41, 5.74) is 2.29. The smallest absolute Gasteiger partial charge is 0.247 e. The standard InChI is InChI=1S/C28H28FN5O3/c29-23-13-5-4-11-21(23)18-33(26(35)19-34-25-15-7-6-14-24(25)31-32-34)27(20-9-2-1-3-10-20)28(36)30-17-22-12-8-16-37-22/h1-7,9-11,13-15,22,27H,8,12,16-19H2,(H,30,36)/t22-,27-/m0/s1.